The maximum Gasteiger partial charge on any atom is 0.339 e. The van der Waals surface area contributed by atoms with Gasteiger partial charge in [-0.05, 0) is 31.0 Å². The van der Waals surface area contributed by atoms with E-state index in [1.807, 2.05) is 6.92 Å². The third kappa shape index (κ3) is 5.65. The molecule has 6 heteroatoms. The summed E-state index contributed by atoms with van der Waals surface area (Å²) < 4.78 is 20.4. The molecule has 0 saturated carbocycles. The zero-order chi connectivity index (χ0) is 17.2. The molecule has 1 aromatic carbocycles. The number of ether oxygens (including phenoxy) is 4. The van der Waals surface area contributed by atoms with Crippen LogP contribution in [0.3, 0.4) is 0 Å². The Morgan fingerprint density at radius 3 is 2.17 bits per heavy atom. The molecule has 1 aromatic rings. The van der Waals surface area contributed by atoms with Crippen LogP contribution in [0.1, 0.15) is 40.1 Å². The van der Waals surface area contributed by atoms with Crippen LogP contribution in [0.15, 0.2) is 18.2 Å². The van der Waals surface area contributed by atoms with Crippen LogP contribution in [0, 0.1) is 0 Å². The lowest BCUT2D eigenvalue weighted by molar-refractivity contribution is -0.0225. The topological polar surface area (TPSA) is 71.1 Å². The minimum atomic E-state index is -0.602. The van der Waals surface area contributed by atoms with E-state index in [0.717, 1.165) is 12.0 Å². The fraction of sp³-hybridized carbons (Fsp3) is 0.529. The number of carbonyl (C=O) groups excluding carboxylic acids is 2. The zero-order valence-electron chi connectivity index (χ0n) is 14.1. The van der Waals surface area contributed by atoms with Crippen molar-refractivity contribution >= 4 is 11.9 Å². The third-order valence-electron chi connectivity index (χ3n) is 3.19. The van der Waals surface area contributed by atoms with Crippen LogP contribution in [0.2, 0.25) is 0 Å². The van der Waals surface area contributed by atoms with Crippen molar-refractivity contribution in [3.05, 3.63) is 34.9 Å². The molecule has 0 heterocycles. The van der Waals surface area contributed by atoms with Crippen molar-refractivity contribution in [1.82, 2.24) is 0 Å². The van der Waals surface area contributed by atoms with Crippen LogP contribution < -0.4 is 0 Å². The zero-order valence-corrected chi connectivity index (χ0v) is 14.1. The number of carbonyl (C=O) groups is 2. The van der Waals surface area contributed by atoms with Gasteiger partial charge in [0.1, 0.15) is 6.10 Å². The molecule has 0 saturated heterocycles. The largest absolute Gasteiger partial charge is 0.462 e. The molecular weight excluding hydrogens is 300 g/mol. The summed E-state index contributed by atoms with van der Waals surface area (Å²) in [6.07, 6.45) is 0.205. The van der Waals surface area contributed by atoms with E-state index in [4.69, 9.17) is 18.9 Å². The molecule has 0 unspecified atom stereocenters. The van der Waals surface area contributed by atoms with Crippen LogP contribution in [0.25, 0.3) is 0 Å². The SMILES string of the molecule is CCOC(=O)c1cc(CC)ccc1C(=O)OC(COC)COC. The first-order valence-electron chi connectivity index (χ1n) is 7.56. The smallest absolute Gasteiger partial charge is 0.339 e. The molecule has 0 N–H and O–H groups in total. The Bertz CT molecular complexity index is 520. The molecule has 6 nitrogen and oxygen atoms in total. The average Bonchev–Trinajstić information content (AvgIpc) is 2.54. The molecular formula is C17H24O6. The van der Waals surface area contributed by atoms with Gasteiger partial charge in [0.2, 0.25) is 0 Å². The van der Waals surface area contributed by atoms with E-state index in [1.165, 1.54) is 14.2 Å². The molecule has 0 aromatic heterocycles. The van der Waals surface area contributed by atoms with E-state index in [-0.39, 0.29) is 30.9 Å². The minimum absolute atomic E-state index is 0.179. The highest BCUT2D eigenvalue weighted by Crippen LogP contribution is 2.16. The van der Waals surface area contributed by atoms with E-state index in [9.17, 15) is 9.59 Å². The molecule has 1 rings (SSSR count). The number of methoxy groups -OCH3 is 2. The highest BCUT2D eigenvalue weighted by Gasteiger charge is 2.22. The molecule has 23 heavy (non-hydrogen) atoms. The van der Waals surface area contributed by atoms with Gasteiger partial charge in [0, 0.05) is 14.2 Å². The lowest BCUT2D eigenvalue weighted by Crippen LogP contribution is -2.28. The summed E-state index contributed by atoms with van der Waals surface area (Å²) in [7, 11) is 3.02. The molecule has 0 radical (unpaired) electrons. The summed E-state index contributed by atoms with van der Waals surface area (Å²) >= 11 is 0. The van der Waals surface area contributed by atoms with Crippen LogP contribution in [-0.4, -0.2) is 52.1 Å². The van der Waals surface area contributed by atoms with E-state index >= 15 is 0 Å². The summed E-state index contributed by atoms with van der Waals surface area (Å²) in [5, 5.41) is 0. The molecule has 0 fully saturated rings. The second-order valence-electron chi connectivity index (χ2n) is 4.89. The predicted molar refractivity (Wildman–Crippen MR) is 84.7 cm³/mol. The van der Waals surface area contributed by atoms with Crippen molar-refractivity contribution in [2.24, 2.45) is 0 Å². The second-order valence-corrected chi connectivity index (χ2v) is 4.89. The summed E-state index contributed by atoms with van der Waals surface area (Å²) in [6, 6.07) is 5.04. The number of rotatable bonds is 9. The predicted octanol–water partition coefficient (Wildman–Crippen LogP) is 2.24. The van der Waals surface area contributed by atoms with E-state index in [2.05, 4.69) is 0 Å². The quantitative estimate of drug-likeness (QED) is 0.649. The Morgan fingerprint density at radius 1 is 1.00 bits per heavy atom. The Balaban J connectivity index is 3.04. The Morgan fingerprint density at radius 2 is 1.65 bits per heavy atom. The van der Waals surface area contributed by atoms with Crippen molar-refractivity contribution < 1.29 is 28.5 Å². The maximum atomic E-state index is 12.4. The van der Waals surface area contributed by atoms with Gasteiger partial charge in [-0.2, -0.15) is 0 Å². The summed E-state index contributed by atoms with van der Waals surface area (Å²) in [5.41, 5.74) is 1.33. The standard InChI is InChI=1S/C17H24O6/c1-5-12-7-8-14(15(9-12)16(18)22-6-2)17(19)23-13(10-20-3)11-21-4/h7-9,13H,5-6,10-11H2,1-4H3. The number of hydrogen-bond acceptors (Lipinski definition) is 6. The second kappa shape index (κ2) is 9.97. The summed E-state index contributed by atoms with van der Waals surface area (Å²) in [4.78, 5) is 24.5. The highest BCUT2D eigenvalue weighted by atomic mass is 16.6. The van der Waals surface area contributed by atoms with E-state index in [0.29, 0.717) is 0 Å². The molecule has 0 aliphatic rings. The lowest BCUT2D eigenvalue weighted by Gasteiger charge is -2.17. The molecule has 0 aliphatic carbocycles. The Kier molecular flexibility index (Phi) is 8.29. The summed E-state index contributed by atoms with van der Waals surface area (Å²) in [5.74, 6) is -1.14. The first kappa shape index (κ1) is 19.1. The fourth-order valence-electron chi connectivity index (χ4n) is 2.07. The monoisotopic (exact) mass is 324 g/mol. The normalized spacial score (nSPS) is 10.7. The van der Waals surface area contributed by atoms with Crippen molar-refractivity contribution in [3.63, 3.8) is 0 Å². The van der Waals surface area contributed by atoms with Gasteiger partial charge in [0.05, 0.1) is 30.9 Å². The molecule has 0 atom stereocenters. The van der Waals surface area contributed by atoms with E-state index < -0.39 is 18.0 Å². The molecule has 0 bridgehead atoms. The van der Waals surface area contributed by atoms with Crippen molar-refractivity contribution in [2.75, 3.05) is 34.0 Å². The average molecular weight is 324 g/mol. The van der Waals surface area contributed by atoms with Gasteiger partial charge in [-0.25, -0.2) is 9.59 Å². The maximum absolute atomic E-state index is 12.4. The first-order valence-corrected chi connectivity index (χ1v) is 7.56. The van der Waals surface area contributed by atoms with Crippen molar-refractivity contribution in [1.29, 1.82) is 0 Å². The van der Waals surface area contributed by atoms with E-state index in [1.54, 1.807) is 25.1 Å². The van der Waals surface area contributed by atoms with Gasteiger partial charge < -0.3 is 18.9 Å². The Hall–Kier alpha value is -1.92. The molecule has 0 spiro atoms. The van der Waals surface area contributed by atoms with Crippen LogP contribution >= 0.6 is 0 Å². The van der Waals surface area contributed by atoms with Gasteiger partial charge in [-0.3, -0.25) is 0 Å². The summed E-state index contributed by atoms with van der Waals surface area (Å²) in [6.45, 7) is 4.34. The van der Waals surface area contributed by atoms with Gasteiger partial charge in [-0.1, -0.05) is 13.0 Å². The fourth-order valence-corrected chi connectivity index (χ4v) is 2.07. The number of esters is 2. The molecule has 0 aliphatic heterocycles. The van der Waals surface area contributed by atoms with Crippen molar-refractivity contribution in [2.45, 2.75) is 26.4 Å². The first-order chi connectivity index (χ1) is 11.1. The number of benzene rings is 1. The van der Waals surface area contributed by atoms with Crippen LogP contribution in [-0.2, 0) is 25.4 Å². The van der Waals surface area contributed by atoms with Crippen molar-refractivity contribution in [3.8, 4) is 0 Å². The minimum Gasteiger partial charge on any atom is -0.462 e. The molecule has 0 amide bonds. The van der Waals surface area contributed by atoms with Gasteiger partial charge >= 0.3 is 11.9 Å². The van der Waals surface area contributed by atoms with Crippen LogP contribution in [0.5, 0.6) is 0 Å². The molecule has 128 valence electrons. The van der Waals surface area contributed by atoms with Gasteiger partial charge in [-0.15, -0.1) is 0 Å². The van der Waals surface area contributed by atoms with Crippen LogP contribution in [0.4, 0.5) is 0 Å². The number of aryl methyl sites for hydroxylation is 1. The Labute approximate surface area is 136 Å². The highest BCUT2D eigenvalue weighted by molar-refractivity contribution is 6.03. The number of hydrogen-bond donors (Lipinski definition) is 0. The van der Waals surface area contributed by atoms with Gasteiger partial charge in [0.15, 0.2) is 0 Å². The lowest BCUT2D eigenvalue weighted by atomic mass is 10.0. The third-order valence-corrected chi connectivity index (χ3v) is 3.19. The van der Waals surface area contributed by atoms with Gasteiger partial charge in [0.25, 0.3) is 0 Å².